The molecule has 0 spiro atoms. The molecule has 0 aliphatic carbocycles. The normalized spacial score (nSPS) is 20.1. The molecule has 2 heterocycles. The van der Waals surface area contributed by atoms with Crippen molar-refractivity contribution >= 4 is 15.7 Å². The van der Waals surface area contributed by atoms with Gasteiger partial charge in [-0.1, -0.05) is 13.8 Å². The molecule has 0 radical (unpaired) electrons. The summed E-state index contributed by atoms with van der Waals surface area (Å²) in [5.74, 6) is 0.104. The molecule has 1 amide bonds. The van der Waals surface area contributed by atoms with Gasteiger partial charge in [0, 0.05) is 12.0 Å². The molecular formula is C14H21N3O3S. The van der Waals surface area contributed by atoms with Crippen molar-refractivity contribution in [2.24, 2.45) is 5.92 Å². The molecule has 1 atom stereocenters. The van der Waals surface area contributed by atoms with Crippen molar-refractivity contribution in [2.45, 2.75) is 39.8 Å². The molecule has 2 rings (SSSR count). The molecule has 1 aromatic heterocycles. The van der Waals surface area contributed by atoms with Gasteiger partial charge in [-0.3, -0.25) is 9.48 Å². The number of nitrogens with zero attached hydrogens (tertiary/aromatic N) is 2. The Kier molecular flexibility index (Phi) is 4.51. The molecule has 0 saturated carbocycles. The Labute approximate surface area is 125 Å². The third-order valence-corrected chi connectivity index (χ3v) is 4.62. The Hall–Kier alpha value is -1.63. The number of hydrogen-bond acceptors (Lipinski definition) is 4. The molecular weight excluding hydrogens is 290 g/mol. The first-order valence-electron chi connectivity index (χ1n) is 7.09. The van der Waals surface area contributed by atoms with Crippen LogP contribution in [0.2, 0.25) is 0 Å². The van der Waals surface area contributed by atoms with Gasteiger partial charge in [-0.2, -0.15) is 5.10 Å². The lowest BCUT2D eigenvalue weighted by molar-refractivity contribution is 0.0937. The highest BCUT2D eigenvalue weighted by molar-refractivity contribution is 7.94. The van der Waals surface area contributed by atoms with Crippen LogP contribution in [0.3, 0.4) is 0 Å². The zero-order chi connectivity index (χ0) is 15.6. The van der Waals surface area contributed by atoms with Crippen LogP contribution in [0.1, 0.15) is 37.0 Å². The molecule has 21 heavy (non-hydrogen) atoms. The summed E-state index contributed by atoms with van der Waals surface area (Å²) in [7, 11) is -3.17. The molecule has 116 valence electrons. The van der Waals surface area contributed by atoms with Gasteiger partial charge in [-0.05, 0) is 31.4 Å². The maximum absolute atomic E-state index is 12.3. The number of nitrogens with one attached hydrogen (secondary N) is 1. The number of amides is 1. The van der Waals surface area contributed by atoms with Crippen molar-refractivity contribution in [3.8, 4) is 0 Å². The summed E-state index contributed by atoms with van der Waals surface area (Å²) in [5.41, 5.74) is 1.36. The minimum Gasteiger partial charge on any atom is -0.343 e. The van der Waals surface area contributed by atoms with Gasteiger partial charge in [-0.15, -0.1) is 0 Å². The monoisotopic (exact) mass is 311 g/mol. The summed E-state index contributed by atoms with van der Waals surface area (Å²) in [6.45, 7) is 6.71. The molecule has 0 saturated heterocycles. The highest BCUT2D eigenvalue weighted by Gasteiger charge is 2.25. The first kappa shape index (κ1) is 15.8. The fraction of sp³-hybridized carbons (Fsp3) is 0.571. The highest BCUT2D eigenvalue weighted by Crippen LogP contribution is 2.12. The summed E-state index contributed by atoms with van der Waals surface area (Å²) >= 11 is 0. The second-order valence-electron chi connectivity index (χ2n) is 5.67. The van der Waals surface area contributed by atoms with Crippen LogP contribution in [0.25, 0.3) is 0 Å². The zero-order valence-corrected chi connectivity index (χ0v) is 13.4. The van der Waals surface area contributed by atoms with Crippen LogP contribution < -0.4 is 5.32 Å². The molecule has 1 aliphatic rings. The summed E-state index contributed by atoms with van der Waals surface area (Å²) in [5, 5.41) is 8.29. The first-order valence-corrected chi connectivity index (χ1v) is 8.81. The van der Waals surface area contributed by atoms with Crippen LogP contribution in [-0.2, 0) is 22.8 Å². The number of aromatic nitrogens is 2. The van der Waals surface area contributed by atoms with E-state index in [1.807, 2.05) is 6.92 Å². The number of sulfone groups is 1. The Bertz CT molecular complexity index is 659. The standard InChI is InChI=1S/C14H21N3O3S/c1-4-17-13(8-12(16-17)7-10(2)3)14(18)15-11-5-6-21(19,20)9-11/h5-6,8,10-11H,4,7,9H2,1-3H3,(H,15,18)/t11-/m1/s1. The van der Waals surface area contributed by atoms with Gasteiger partial charge in [0.05, 0.1) is 17.5 Å². The lowest BCUT2D eigenvalue weighted by atomic mass is 10.1. The van der Waals surface area contributed by atoms with Gasteiger partial charge < -0.3 is 5.32 Å². The number of aryl methyl sites for hydroxylation is 1. The van der Waals surface area contributed by atoms with Gasteiger partial charge in [0.1, 0.15) is 5.69 Å². The number of carbonyl (C=O) groups excluding carboxylic acids is 1. The fourth-order valence-electron chi connectivity index (χ4n) is 2.32. The smallest absolute Gasteiger partial charge is 0.270 e. The topological polar surface area (TPSA) is 81.1 Å². The maximum Gasteiger partial charge on any atom is 0.270 e. The number of hydrogen-bond donors (Lipinski definition) is 1. The highest BCUT2D eigenvalue weighted by atomic mass is 32.2. The molecule has 1 aromatic rings. The van der Waals surface area contributed by atoms with E-state index in [0.29, 0.717) is 18.2 Å². The third-order valence-electron chi connectivity index (χ3n) is 3.23. The third kappa shape index (κ3) is 3.93. The lowest BCUT2D eigenvalue weighted by Gasteiger charge is -2.10. The van der Waals surface area contributed by atoms with Crippen LogP contribution in [0.15, 0.2) is 17.6 Å². The average Bonchev–Trinajstić information content (AvgIpc) is 2.92. The number of rotatable bonds is 5. The van der Waals surface area contributed by atoms with Gasteiger partial charge >= 0.3 is 0 Å². The van der Waals surface area contributed by atoms with E-state index < -0.39 is 15.9 Å². The van der Waals surface area contributed by atoms with E-state index in [1.54, 1.807) is 10.7 Å². The molecule has 7 heteroatoms. The predicted octanol–water partition coefficient (Wildman–Crippen LogP) is 1.14. The van der Waals surface area contributed by atoms with Crippen molar-refractivity contribution in [2.75, 3.05) is 5.75 Å². The average molecular weight is 311 g/mol. The van der Waals surface area contributed by atoms with E-state index in [9.17, 15) is 13.2 Å². The molecule has 0 aromatic carbocycles. The van der Waals surface area contributed by atoms with Crippen LogP contribution in [0.5, 0.6) is 0 Å². The van der Waals surface area contributed by atoms with Gasteiger partial charge in [0.25, 0.3) is 5.91 Å². The molecule has 1 aliphatic heterocycles. The first-order chi connectivity index (χ1) is 9.80. The van der Waals surface area contributed by atoms with Crippen LogP contribution >= 0.6 is 0 Å². The Balaban J connectivity index is 2.12. The van der Waals surface area contributed by atoms with Crippen LogP contribution in [0, 0.1) is 5.92 Å². The molecule has 1 N–H and O–H groups in total. The van der Waals surface area contributed by atoms with Crippen molar-refractivity contribution in [3.05, 3.63) is 28.9 Å². The lowest BCUT2D eigenvalue weighted by Crippen LogP contribution is -2.36. The SMILES string of the molecule is CCn1nc(CC(C)C)cc1C(=O)N[C@@H]1C=CS(=O)(=O)C1. The van der Waals surface area contributed by atoms with Crippen molar-refractivity contribution in [1.82, 2.24) is 15.1 Å². The quantitative estimate of drug-likeness (QED) is 0.884. The number of carbonyl (C=O) groups is 1. The molecule has 0 fully saturated rings. The minimum absolute atomic E-state index is 0.0716. The second kappa shape index (κ2) is 6.01. The Morgan fingerprint density at radius 2 is 2.24 bits per heavy atom. The molecule has 0 bridgehead atoms. The van der Waals surface area contributed by atoms with Gasteiger partial charge in [-0.25, -0.2) is 8.42 Å². The fourth-order valence-corrected chi connectivity index (χ4v) is 3.56. The Morgan fingerprint density at radius 1 is 1.52 bits per heavy atom. The van der Waals surface area contributed by atoms with E-state index in [4.69, 9.17) is 0 Å². The van der Waals surface area contributed by atoms with E-state index in [-0.39, 0.29) is 11.7 Å². The van der Waals surface area contributed by atoms with E-state index in [0.717, 1.165) is 17.5 Å². The van der Waals surface area contributed by atoms with Gasteiger partial charge in [0.2, 0.25) is 0 Å². The van der Waals surface area contributed by atoms with Crippen molar-refractivity contribution in [1.29, 1.82) is 0 Å². The Morgan fingerprint density at radius 3 is 2.76 bits per heavy atom. The van der Waals surface area contributed by atoms with E-state index in [1.165, 1.54) is 6.08 Å². The van der Waals surface area contributed by atoms with Crippen molar-refractivity contribution in [3.63, 3.8) is 0 Å². The summed E-state index contributed by atoms with van der Waals surface area (Å²) in [4.78, 5) is 12.3. The summed E-state index contributed by atoms with van der Waals surface area (Å²) < 4.78 is 24.4. The second-order valence-corrected chi connectivity index (χ2v) is 7.60. The predicted molar refractivity (Wildman–Crippen MR) is 80.6 cm³/mol. The summed E-state index contributed by atoms with van der Waals surface area (Å²) in [6, 6.07) is 1.32. The van der Waals surface area contributed by atoms with E-state index >= 15 is 0 Å². The minimum atomic E-state index is -3.17. The molecule has 6 nitrogen and oxygen atoms in total. The van der Waals surface area contributed by atoms with Gasteiger partial charge in [0.15, 0.2) is 9.84 Å². The largest absolute Gasteiger partial charge is 0.343 e. The zero-order valence-electron chi connectivity index (χ0n) is 12.5. The van der Waals surface area contributed by atoms with Crippen molar-refractivity contribution < 1.29 is 13.2 Å². The molecule has 0 unspecified atom stereocenters. The maximum atomic E-state index is 12.3. The van der Waals surface area contributed by atoms with E-state index in [2.05, 4.69) is 24.3 Å². The van der Waals surface area contributed by atoms with Crippen LogP contribution in [0.4, 0.5) is 0 Å². The van der Waals surface area contributed by atoms with Crippen LogP contribution in [-0.4, -0.2) is 35.9 Å². The summed E-state index contributed by atoms with van der Waals surface area (Å²) in [6.07, 6.45) is 2.32.